The Labute approximate surface area is 121 Å². The van der Waals surface area contributed by atoms with Crippen molar-refractivity contribution in [2.24, 2.45) is 0 Å². The maximum absolute atomic E-state index is 5.63. The molecule has 2 heterocycles. The molecule has 0 radical (unpaired) electrons. The van der Waals surface area contributed by atoms with Crippen molar-refractivity contribution in [3.05, 3.63) is 23.8 Å². The molecule has 2 aliphatic rings. The van der Waals surface area contributed by atoms with E-state index in [9.17, 15) is 0 Å². The number of rotatable bonds is 3. The molecule has 4 heteroatoms. The van der Waals surface area contributed by atoms with E-state index >= 15 is 0 Å². The minimum atomic E-state index is 0.633. The van der Waals surface area contributed by atoms with Crippen molar-refractivity contribution in [2.75, 3.05) is 33.4 Å². The van der Waals surface area contributed by atoms with Crippen molar-refractivity contribution in [1.82, 2.24) is 10.2 Å². The Morgan fingerprint density at radius 1 is 1.15 bits per heavy atom. The highest BCUT2D eigenvalue weighted by atomic mass is 16.6. The zero-order valence-electron chi connectivity index (χ0n) is 12.2. The summed E-state index contributed by atoms with van der Waals surface area (Å²) in [6.45, 7) is 4.63. The molecule has 1 saturated heterocycles. The number of hydrogen-bond acceptors (Lipinski definition) is 4. The molecule has 0 aromatic heterocycles. The van der Waals surface area contributed by atoms with Gasteiger partial charge in [-0.3, -0.25) is 0 Å². The van der Waals surface area contributed by atoms with Crippen LogP contribution in [0.25, 0.3) is 0 Å². The van der Waals surface area contributed by atoms with E-state index < -0.39 is 0 Å². The summed E-state index contributed by atoms with van der Waals surface area (Å²) >= 11 is 0. The van der Waals surface area contributed by atoms with E-state index in [-0.39, 0.29) is 0 Å². The molecule has 1 atom stereocenters. The molecule has 2 aliphatic heterocycles. The van der Waals surface area contributed by atoms with Gasteiger partial charge >= 0.3 is 0 Å². The van der Waals surface area contributed by atoms with Crippen LogP contribution in [0.15, 0.2) is 18.2 Å². The third-order valence-electron chi connectivity index (χ3n) is 4.15. The molecule has 20 heavy (non-hydrogen) atoms. The number of ether oxygens (including phenoxy) is 2. The fourth-order valence-corrected chi connectivity index (χ4v) is 2.90. The second-order valence-electron chi connectivity index (χ2n) is 5.79. The van der Waals surface area contributed by atoms with Gasteiger partial charge in [0.05, 0.1) is 0 Å². The lowest BCUT2D eigenvalue weighted by Gasteiger charge is -2.20. The molecule has 0 bridgehead atoms. The van der Waals surface area contributed by atoms with E-state index in [0.29, 0.717) is 19.3 Å². The van der Waals surface area contributed by atoms with Crippen LogP contribution in [0.5, 0.6) is 11.5 Å². The Morgan fingerprint density at radius 2 is 2.00 bits per heavy atom. The van der Waals surface area contributed by atoms with E-state index in [1.165, 1.54) is 37.9 Å². The number of hydrogen-bond donors (Lipinski definition) is 1. The first-order valence-corrected chi connectivity index (χ1v) is 7.62. The molecule has 0 spiro atoms. The number of fused-ring (bicyclic) bond motifs is 1. The van der Waals surface area contributed by atoms with Crippen LogP contribution in [0.1, 0.15) is 24.8 Å². The second-order valence-corrected chi connectivity index (χ2v) is 5.79. The highest BCUT2D eigenvalue weighted by Crippen LogP contribution is 2.30. The molecule has 110 valence electrons. The van der Waals surface area contributed by atoms with Gasteiger partial charge in [-0.05, 0) is 57.1 Å². The lowest BCUT2D eigenvalue weighted by atomic mass is 10.1. The third kappa shape index (κ3) is 3.44. The fraction of sp³-hybridized carbons (Fsp3) is 0.625. The molecular formula is C16H24N2O2. The largest absolute Gasteiger partial charge is 0.486 e. The minimum absolute atomic E-state index is 0.633. The van der Waals surface area contributed by atoms with Crippen molar-refractivity contribution < 1.29 is 9.47 Å². The topological polar surface area (TPSA) is 33.7 Å². The Kier molecular flexibility index (Phi) is 4.43. The van der Waals surface area contributed by atoms with Crippen LogP contribution in [0.2, 0.25) is 0 Å². The molecule has 1 unspecified atom stereocenters. The summed E-state index contributed by atoms with van der Waals surface area (Å²) in [5.41, 5.74) is 1.27. The van der Waals surface area contributed by atoms with E-state index in [4.69, 9.17) is 9.47 Å². The summed E-state index contributed by atoms with van der Waals surface area (Å²) in [6.07, 6.45) is 3.80. The van der Waals surface area contributed by atoms with Crippen LogP contribution in [0.3, 0.4) is 0 Å². The molecular weight excluding hydrogens is 252 g/mol. The lowest BCUT2D eigenvalue weighted by Crippen LogP contribution is -2.29. The molecule has 0 amide bonds. The highest BCUT2D eigenvalue weighted by molar-refractivity contribution is 5.43. The van der Waals surface area contributed by atoms with Gasteiger partial charge in [-0.25, -0.2) is 0 Å². The van der Waals surface area contributed by atoms with Crippen LogP contribution in [0, 0.1) is 0 Å². The van der Waals surface area contributed by atoms with Crippen molar-refractivity contribution >= 4 is 0 Å². The molecule has 1 N–H and O–H groups in total. The average Bonchev–Trinajstić information content (AvgIpc) is 2.69. The molecule has 0 saturated carbocycles. The molecule has 1 aromatic rings. The number of likely N-dealkylation sites (tertiary alicyclic amines) is 1. The van der Waals surface area contributed by atoms with Gasteiger partial charge in [0.15, 0.2) is 11.5 Å². The molecule has 1 aromatic carbocycles. The van der Waals surface area contributed by atoms with Crippen LogP contribution in [-0.2, 0) is 6.54 Å². The predicted molar refractivity (Wildman–Crippen MR) is 79.4 cm³/mol. The maximum Gasteiger partial charge on any atom is 0.161 e. The van der Waals surface area contributed by atoms with Gasteiger partial charge in [-0.15, -0.1) is 0 Å². The van der Waals surface area contributed by atoms with Gasteiger partial charge in [0.1, 0.15) is 13.2 Å². The Morgan fingerprint density at radius 3 is 2.90 bits per heavy atom. The van der Waals surface area contributed by atoms with E-state index in [0.717, 1.165) is 18.0 Å². The third-order valence-corrected chi connectivity index (χ3v) is 4.15. The summed E-state index contributed by atoms with van der Waals surface area (Å²) < 4.78 is 11.2. The second kappa shape index (κ2) is 6.46. The van der Waals surface area contributed by atoms with Crippen LogP contribution in [-0.4, -0.2) is 44.3 Å². The van der Waals surface area contributed by atoms with Crippen molar-refractivity contribution in [3.63, 3.8) is 0 Å². The predicted octanol–water partition coefficient (Wildman–Crippen LogP) is 2.03. The van der Waals surface area contributed by atoms with Crippen molar-refractivity contribution in [1.29, 1.82) is 0 Å². The summed E-state index contributed by atoms with van der Waals surface area (Å²) in [5.74, 6) is 1.76. The number of nitrogens with zero attached hydrogens (tertiary/aromatic N) is 1. The summed E-state index contributed by atoms with van der Waals surface area (Å²) in [6, 6.07) is 6.88. The first-order chi connectivity index (χ1) is 9.81. The average molecular weight is 276 g/mol. The molecule has 1 fully saturated rings. The molecule has 3 rings (SSSR count). The summed E-state index contributed by atoms with van der Waals surface area (Å²) in [5, 5.41) is 3.68. The van der Waals surface area contributed by atoms with E-state index in [1.807, 2.05) is 6.07 Å². The summed E-state index contributed by atoms with van der Waals surface area (Å²) in [4.78, 5) is 2.42. The molecule has 4 nitrogen and oxygen atoms in total. The van der Waals surface area contributed by atoms with Crippen LogP contribution >= 0.6 is 0 Å². The monoisotopic (exact) mass is 276 g/mol. The maximum atomic E-state index is 5.63. The normalized spacial score (nSPS) is 23.4. The zero-order chi connectivity index (χ0) is 13.8. The number of benzene rings is 1. The first-order valence-electron chi connectivity index (χ1n) is 7.62. The van der Waals surface area contributed by atoms with Gasteiger partial charge in [-0.1, -0.05) is 6.07 Å². The van der Waals surface area contributed by atoms with Crippen LogP contribution in [0.4, 0.5) is 0 Å². The van der Waals surface area contributed by atoms with Crippen molar-refractivity contribution in [2.45, 2.75) is 31.8 Å². The van der Waals surface area contributed by atoms with Gasteiger partial charge in [0.25, 0.3) is 0 Å². The van der Waals surface area contributed by atoms with Crippen LogP contribution < -0.4 is 14.8 Å². The van der Waals surface area contributed by atoms with Crippen molar-refractivity contribution in [3.8, 4) is 11.5 Å². The standard InChI is InChI=1S/C16H24N2O2/c1-18-7-2-3-14(6-8-18)17-12-13-4-5-15-16(11-13)20-10-9-19-15/h4-5,11,14,17H,2-3,6-10,12H2,1H3. The van der Waals surface area contributed by atoms with Gasteiger partial charge < -0.3 is 19.7 Å². The highest BCUT2D eigenvalue weighted by Gasteiger charge is 2.15. The number of nitrogens with one attached hydrogen (secondary N) is 1. The van der Waals surface area contributed by atoms with E-state index in [1.54, 1.807) is 0 Å². The molecule has 0 aliphatic carbocycles. The smallest absolute Gasteiger partial charge is 0.161 e. The first kappa shape index (κ1) is 13.7. The van der Waals surface area contributed by atoms with Gasteiger partial charge in [0, 0.05) is 12.6 Å². The summed E-state index contributed by atoms with van der Waals surface area (Å²) in [7, 11) is 2.21. The van der Waals surface area contributed by atoms with Gasteiger partial charge in [-0.2, -0.15) is 0 Å². The van der Waals surface area contributed by atoms with Gasteiger partial charge in [0.2, 0.25) is 0 Å². The Hall–Kier alpha value is -1.26. The quantitative estimate of drug-likeness (QED) is 0.916. The lowest BCUT2D eigenvalue weighted by molar-refractivity contribution is 0.171. The minimum Gasteiger partial charge on any atom is -0.486 e. The SMILES string of the molecule is CN1CCCC(NCc2ccc3c(c2)OCCO3)CC1. The fourth-order valence-electron chi connectivity index (χ4n) is 2.90. The Balaban J connectivity index is 1.55. The Bertz CT molecular complexity index is 450. The van der Waals surface area contributed by atoms with E-state index in [2.05, 4.69) is 29.4 Å². The zero-order valence-corrected chi connectivity index (χ0v) is 12.2.